The summed E-state index contributed by atoms with van der Waals surface area (Å²) in [7, 11) is 0. The Bertz CT molecular complexity index is 537. The summed E-state index contributed by atoms with van der Waals surface area (Å²) in [6.45, 7) is 6.93. The Labute approximate surface area is 136 Å². The van der Waals surface area contributed by atoms with Crippen molar-refractivity contribution in [2.24, 2.45) is 11.3 Å². The fraction of sp³-hybridized carbons (Fsp3) is 0.812. The normalized spacial score (nSPS) is 23.6. The van der Waals surface area contributed by atoms with E-state index in [0.717, 1.165) is 38.1 Å². The standard InChI is InChI=1S/C16H26N4O3/c1-11(2)3-4-12-19-13(23-20-12)9-17-14-15(21)18-10-16(14)5-7-22-8-6-16/h11,14,17H,3-10H2,1-2H3,(H,18,21)/t14-/m1/s1. The van der Waals surface area contributed by atoms with Crippen LogP contribution < -0.4 is 10.6 Å². The highest BCUT2D eigenvalue weighted by Crippen LogP contribution is 2.37. The van der Waals surface area contributed by atoms with E-state index in [1.54, 1.807) is 0 Å². The molecule has 1 aromatic rings. The lowest BCUT2D eigenvalue weighted by atomic mass is 9.76. The summed E-state index contributed by atoms with van der Waals surface area (Å²) in [4.78, 5) is 16.6. The molecule has 0 radical (unpaired) electrons. The van der Waals surface area contributed by atoms with Crippen LogP contribution in [-0.4, -0.2) is 41.8 Å². The average Bonchev–Trinajstić information content (AvgIpc) is 3.10. The number of aromatic nitrogens is 2. The first-order chi connectivity index (χ1) is 11.1. The van der Waals surface area contributed by atoms with Gasteiger partial charge in [0.1, 0.15) is 0 Å². The minimum atomic E-state index is -0.211. The van der Waals surface area contributed by atoms with Gasteiger partial charge in [0, 0.05) is 31.6 Å². The SMILES string of the molecule is CC(C)CCc1noc(CN[C@@H]2C(=O)NCC23CCOCC3)n1. The van der Waals surface area contributed by atoms with Crippen molar-refractivity contribution in [3.8, 4) is 0 Å². The van der Waals surface area contributed by atoms with E-state index in [-0.39, 0.29) is 17.4 Å². The maximum absolute atomic E-state index is 12.2. The zero-order valence-corrected chi connectivity index (χ0v) is 13.9. The predicted octanol–water partition coefficient (Wildman–Crippen LogP) is 1.04. The molecule has 7 nitrogen and oxygen atoms in total. The monoisotopic (exact) mass is 322 g/mol. The largest absolute Gasteiger partial charge is 0.381 e. The number of hydrogen-bond donors (Lipinski definition) is 2. The highest BCUT2D eigenvalue weighted by atomic mass is 16.5. The van der Waals surface area contributed by atoms with Gasteiger partial charge in [-0.3, -0.25) is 10.1 Å². The Hall–Kier alpha value is -1.47. The molecule has 0 aliphatic carbocycles. The first-order valence-electron chi connectivity index (χ1n) is 8.49. The molecule has 0 unspecified atom stereocenters. The number of hydrogen-bond acceptors (Lipinski definition) is 6. The van der Waals surface area contributed by atoms with Crippen LogP contribution in [0.1, 0.15) is 44.8 Å². The highest BCUT2D eigenvalue weighted by molar-refractivity contribution is 5.85. The summed E-state index contributed by atoms with van der Waals surface area (Å²) in [6, 6.07) is -0.211. The van der Waals surface area contributed by atoms with Crippen molar-refractivity contribution in [2.45, 2.75) is 52.1 Å². The maximum Gasteiger partial charge on any atom is 0.240 e. The lowest BCUT2D eigenvalue weighted by molar-refractivity contribution is -0.122. The van der Waals surface area contributed by atoms with Crippen LogP contribution in [0.4, 0.5) is 0 Å². The van der Waals surface area contributed by atoms with Gasteiger partial charge in [0.2, 0.25) is 11.8 Å². The van der Waals surface area contributed by atoms with Gasteiger partial charge in [0.15, 0.2) is 5.82 Å². The first-order valence-corrected chi connectivity index (χ1v) is 8.49. The van der Waals surface area contributed by atoms with Crippen LogP contribution in [0, 0.1) is 11.3 Å². The predicted molar refractivity (Wildman–Crippen MR) is 83.6 cm³/mol. The summed E-state index contributed by atoms with van der Waals surface area (Å²) < 4.78 is 10.7. The molecule has 3 heterocycles. The quantitative estimate of drug-likeness (QED) is 0.813. The number of nitrogens with one attached hydrogen (secondary N) is 2. The van der Waals surface area contributed by atoms with Crippen LogP contribution in [0.15, 0.2) is 4.52 Å². The molecule has 1 atom stereocenters. The van der Waals surface area contributed by atoms with Gasteiger partial charge in [-0.2, -0.15) is 4.98 Å². The topological polar surface area (TPSA) is 89.3 Å². The van der Waals surface area contributed by atoms with Crippen LogP contribution in [0.5, 0.6) is 0 Å². The molecule has 2 N–H and O–H groups in total. The third-order valence-corrected chi connectivity index (χ3v) is 4.89. The first kappa shape index (κ1) is 16.4. The Kier molecular flexibility index (Phi) is 4.96. The minimum absolute atomic E-state index is 0.0458. The molecule has 0 bridgehead atoms. The third kappa shape index (κ3) is 3.72. The van der Waals surface area contributed by atoms with Crippen LogP contribution in [0.3, 0.4) is 0 Å². The highest BCUT2D eigenvalue weighted by Gasteiger charge is 2.48. The zero-order valence-electron chi connectivity index (χ0n) is 13.9. The number of ether oxygens (including phenoxy) is 1. The van der Waals surface area contributed by atoms with Crippen molar-refractivity contribution in [3.05, 3.63) is 11.7 Å². The van der Waals surface area contributed by atoms with Crippen molar-refractivity contribution in [1.82, 2.24) is 20.8 Å². The molecular formula is C16H26N4O3. The Morgan fingerprint density at radius 2 is 2.17 bits per heavy atom. The zero-order chi connectivity index (χ0) is 16.3. The maximum atomic E-state index is 12.2. The number of aryl methyl sites for hydroxylation is 1. The minimum Gasteiger partial charge on any atom is -0.381 e. The summed E-state index contributed by atoms with van der Waals surface area (Å²) in [5, 5.41) is 10.3. The molecule has 2 aliphatic rings. The number of carbonyl (C=O) groups excluding carboxylic acids is 1. The van der Waals surface area contributed by atoms with Gasteiger partial charge in [-0.05, 0) is 25.2 Å². The van der Waals surface area contributed by atoms with Crippen LogP contribution in [0.25, 0.3) is 0 Å². The third-order valence-electron chi connectivity index (χ3n) is 4.89. The van der Waals surface area contributed by atoms with E-state index in [9.17, 15) is 4.79 Å². The lowest BCUT2D eigenvalue weighted by Crippen LogP contribution is -2.49. The second kappa shape index (κ2) is 6.97. The Morgan fingerprint density at radius 1 is 1.39 bits per heavy atom. The van der Waals surface area contributed by atoms with E-state index in [0.29, 0.717) is 31.6 Å². The summed E-state index contributed by atoms with van der Waals surface area (Å²) >= 11 is 0. The summed E-state index contributed by atoms with van der Waals surface area (Å²) in [5.41, 5.74) is -0.0458. The molecule has 2 aliphatic heterocycles. The van der Waals surface area contributed by atoms with E-state index in [1.165, 1.54) is 0 Å². The number of nitrogens with zero attached hydrogens (tertiary/aromatic N) is 2. The van der Waals surface area contributed by atoms with E-state index >= 15 is 0 Å². The molecule has 1 spiro atoms. The lowest BCUT2D eigenvalue weighted by Gasteiger charge is -2.36. The molecule has 0 saturated carbocycles. The molecule has 1 amide bonds. The molecule has 2 fully saturated rings. The van der Waals surface area contributed by atoms with E-state index in [2.05, 4.69) is 34.6 Å². The summed E-state index contributed by atoms with van der Waals surface area (Å²) in [5.74, 6) is 1.97. The smallest absolute Gasteiger partial charge is 0.240 e. The van der Waals surface area contributed by atoms with Gasteiger partial charge in [-0.25, -0.2) is 0 Å². The molecule has 3 rings (SSSR count). The van der Waals surface area contributed by atoms with Crippen LogP contribution in [0.2, 0.25) is 0 Å². The van der Waals surface area contributed by atoms with Crippen molar-refractivity contribution >= 4 is 5.91 Å². The van der Waals surface area contributed by atoms with Gasteiger partial charge in [-0.15, -0.1) is 0 Å². The second-order valence-corrected chi connectivity index (χ2v) is 7.04. The molecule has 1 aromatic heterocycles. The van der Waals surface area contributed by atoms with Crippen molar-refractivity contribution < 1.29 is 14.1 Å². The molecule has 128 valence electrons. The van der Waals surface area contributed by atoms with E-state index < -0.39 is 0 Å². The van der Waals surface area contributed by atoms with Crippen molar-refractivity contribution in [3.63, 3.8) is 0 Å². The average molecular weight is 322 g/mol. The molecule has 2 saturated heterocycles. The van der Waals surface area contributed by atoms with E-state index in [1.807, 2.05) is 0 Å². The number of amides is 1. The fourth-order valence-electron chi connectivity index (χ4n) is 3.37. The number of rotatable bonds is 6. The second-order valence-electron chi connectivity index (χ2n) is 7.04. The van der Waals surface area contributed by atoms with Gasteiger partial charge in [0.05, 0.1) is 12.6 Å². The van der Waals surface area contributed by atoms with Crippen molar-refractivity contribution in [2.75, 3.05) is 19.8 Å². The van der Waals surface area contributed by atoms with Gasteiger partial charge in [-0.1, -0.05) is 19.0 Å². The number of carbonyl (C=O) groups is 1. The van der Waals surface area contributed by atoms with E-state index in [4.69, 9.17) is 9.26 Å². The van der Waals surface area contributed by atoms with Crippen molar-refractivity contribution in [1.29, 1.82) is 0 Å². The molecule has 23 heavy (non-hydrogen) atoms. The van der Waals surface area contributed by atoms with Crippen LogP contribution in [-0.2, 0) is 22.5 Å². The van der Waals surface area contributed by atoms with Crippen LogP contribution >= 0.6 is 0 Å². The Balaban J connectivity index is 1.57. The van der Waals surface area contributed by atoms with Gasteiger partial charge >= 0.3 is 0 Å². The van der Waals surface area contributed by atoms with Gasteiger partial charge < -0.3 is 14.6 Å². The fourth-order valence-corrected chi connectivity index (χ4v) is 3.37. The summed E-state index contributed by atoms with van der Waals surface area (Å²) in [6.07, 6.45) is 3.66. The molecular weight excluding hydrogens is 296 g/mol. The molecule has 7 heteroatoms. The molecule has 0 aromatic carbocycles. The van der Waals surface area contributed by atoms with Gasteiger partial charge in [0.25, 0.3) is 0 Å². The Morgan fingerprint density at radius 3 is 2.91 bits per heavy atom.